The lowest BCUT2D eigenvalue weighted by Gasteiger charge is -2.18. The van der Waals surface area contributed by atoms with Crippen molar-refractivity contribution in [3.8, 4) is 11.5 Å². The molecule has 114 valence electrons. The van der Waals surface area contributed by atoms with E-state index in [0.29, 0.717) is 24.3 Å². The maximum Gasteiger partial charge on any atom is 0.308 e. The number of carboxylic acid groups (broad SMARTS) is 1. The molecule has 0 bridgehead atoms. The number of methoxy groups -OCH3 is 1. The van der Waals surface area contributed by atoms with Crippen molar-refractivity contribution in [1.82, 2.24) is 5.32 Å². The Labute approximate surface area is 123 Å². The van der Waals surface area contributed by atoms with Crippen molar-refractivity contribution in [2.45, 2.75) is 25.3 Å². The Balaban J connectivity index is 1.86. The van der Waals surface area contributed by atoms with Crippen molar-refractivity contribution in [1.29, 1.82) is 0 Å². The summed E-state index contributed by atoms with van der Waals surface area (Å²) < 4.78 is 10.5. The molecule has 0 aromatic heterocycles. The van der Waals surface area contributed by atoms with E-state index in [1.165, 1.54) is 7.11 Å². The van der Waals surface area contributed by atoms with Crippen LogP contribution in [-0.2, 0) is 9.59 Å². The van der Waals surface area contributed by atoms with Gasteiger partial charge in [-0.05, 0) is 25.0 Å². The van der Waals surface area contributed by atoms with Crippen LogP contribution in [0.1, 0.15) is 19.3 Å². The van der Waals surface area contributed by atoms with Gasteiger partial charge >= 0.3 is 5.97 Å². The third kappa shape index (κ3) is 3.87. The Morgan fingerprint density at radius 2 is 2.00 bits per heavy atom. The topological polar surface area (TPSA) is 84.9 Å². The molecule has 6 nitrogen and oxygen atoms in total. The highest BCUT2D eigenvalue weighted by Crippen LogP contribution is 2.27. The van der Waals surface area contributed by atoms with Crippen LogP contribution in [0.4, 0.5) is 0 Å². The minimum absolute atomic E-state index is 0.163. The SMILES string of the molecule is COc1ccccc1OCC(=O)NC1CCCC1C(=O)O. The van der Waals surface area contributed by atoms with Crippen molar-refractivity contribution in [3.05, 3.63) is 24.3 Å². The van der Waals surface area contributed by atoms with E-state index in [2.05, 4.69) is 5.32 Å². The van der Waals surface area contributed by atoms with Gasteiger partial charge in [-0.2, -0.15) is 0 Å². The normalized spacial score (nSPS) is 20.8. The summed E-state index contributed by atoms with van der Waals surface area (Å²) in [4.78, 5) is 22.9. The molecule has 1 fully saturated rings. The van der Waals surface area contributed by atoms with E-state index in [4.69, 9.17) is 14.6 Å². The van der Waals surface area contributed by atoms with Crippen LogP contribution >= 0.6 is 0 Å². The molecule has 6 heteroatoms. The number of benzene rings is 1. The molecule has 0 saturated heterocycles. The number of aliphatic carboxylic acids is 1. The number of carbonyl (C=O) groups excluding carboxylic acids is 1. The standard InChI is InChI=1S/C15H19NO5/c1-20-12-7-2-3-8-13(12)21-9-14(17)16-11-6-4-5-10(11)15(18)19/h2-3,7-8,10-11H,4-6,9H2,1H3,(H,16,17)(H,18,19). The molecule has 2 atom stereocenters. The Bertz CT molecular complexity index is 517. The maximum atomic E-state index is 11.9. The van der Waals surface area contributed by atoms with Gasteiger partial charge in [0.1, 0.15) is 0 Å². The van der Waals surface area contributed by atoms with Gasteiger partial charge in [0.05, 0.1) is 13.0 Å². The molecular formula is C15H19NO5. The summed E-state index contributed by atoms with van der Waals surface area (Å²) in [5, 5.41) is 11.8. The smallest absolute Gasteiger partial charge is 0.308 e. The average molecular weight is 293 g/mol. The molecule has 0 heterocycles. The molecule has 0 aliphatic heterocycles. The highest BCUT2D eigenvalue weighted by atomic mass is 16.5. The van der Waals surface area contributed by atoms with Crippen LogP contribution in [0.2, 0.25) is 0 Å². The minimum atomic E-state index is -0.858. The zero-order valence-electron chi connectivity index (χ0n) is 11.9. The highest BCUT2D eigenvalue weighted by Gasteiger charge is 2.33. The minimum Gasteiger partial charge on any atom is -0.493 e. The first-order valence-corrected chi connectivity index (χ1v) is 6.90. The number of hydrogen-bond acceptors (Lipinski definition) is 4. The Hall–Kier alpha value is -2.24. The van der Waals surface area contributed by atoms with E-state index in [1.54, 1.807) is 18.2 Å². The lowest BCUT2D eigenvalue weighted by molar-refractivity contribution is -0.142. The molecule has 0 radical (unpaired) electrons. The predicted octanol–water partition coefficient (Wildman–Crippen LogP) is 1.44. The van der Waals surface area contributed by atoms with Gasteiger partial charge in [0.2, 0.25) is 0 Å². The third-order valence-corrected chi connectivity index (χ3v) is 3.61. The summed E-state index contributed by atoms with van der Waals surface area (Å²) in [6, 6.07) is 6.73. The summed E-state index contributed by atoms with van der Waals surface area (Å²) in [6.45, 7) is -0.163. The Morgan fingerprint density at radius 3 is 2.67 bits per heavy atom. The van der Waals surface area contributed by atoms with Crippen molar-refractivity contribution in [2.75, 3.05) is 13.7 Å². The number of para-hydroxylation sites is 2. The molecule has 1 amide bonds. The van der Waals surface area contributed by atoms with Crippen molar-refractivity contribution >= 4 is 11.9 Å². The second-order valence-electron chi connectivity index (χ2n) is 4.99. The largest absolute Gasteiger partial charge is 0.493 e. The second-order valence-corrected chi connectivity index (χ2v) is 4.99. The fourth-order valence-corrected chi connectivity index (χ4v) is 2.56. The first kappa shape index (κ1) is 15.2. The van der Waals surface area contributed by atoms with Crippen molar-refractivity contribution in [2.24, 2.45) is 5.92 Å². The maximum absolute atomic E-state index is 11.9. The van der Waals surface area contributed by atoms with E-state index >= 15 is 0 Å². The molecule has 0 spiro atoms. The van der Waals surface area contributed by atoms with Crippen LogP contribution in [0.25, 0.3) is 0 Å². The molecule has 2 unspecified atom stereocenters. The van der Waals surface area contributed by atoms with E-state index in [-0.39, 0.29) is 18.6 Å². The molecule has 1 saturated carbocycles. The second kappa shape index (κ2) is 6.97. The quantitative estimate of drug-likeness (QED) is 0.829. The molecule has 1 aliphatic carbocycles. The molecule has 2 N–H and O–H groups in total. The van der Waals surface area contributed by atoms with Crippen LogP contribution < -0.4 is 14.8 Å². The number of hydrogen-bond donors (Lipinski definition) is 2. The van der Waals surface area contributed by atoms with Gasteiger partial charge in [0.15, 0.2) is 18.1 Å². The number of amides is 1. The van der Waals surface area contributed by atoms with Crippen LogP contribution in [0.15, 0.2) is 24.3 Å². The molecule has 21 heavy (non-hydrogen) atoms. The van der Waals surface area contributed by atoms with Gasteiger partial charge in [-0.1, -0.05) is 18.6 Å². The number of carboxylic acids is 1. The summed E-state index contributed by atoms with van der Waals surface area (Å²) in [7, 11) is 1.53. The average Bonchev–Trinajstić information content (AvgIpc) is 2.93. The van der Waals surface area contributed by atoms with Crippen LogP contribution in [-0.4, -0.2) is 36.7 Å². The van der Waals surface area contributed by atoms with Gasteiger partial charge in [0, 0.05) is 6.04 Å². The van der Waals surface area contributed by atoms with Gasteiger partial charge < -0.3 is 19.9 Å². The van der Waals surface area contributed by atoms with E-state index in [1.807, 2.05) is 6.07 Å². The monoisotopic (exact) mass is 293 g/mol. The molecule has 1 aliphatic rings. The molecule has 1 aromatic rings. The highest BCUT2D eigenvalue weighted by molar-refractivity contribution is 5.79. The summed E-state index contributed by atoms with van der Waals surface area (Å²) >= 11 is 0. The van der Waals surface area contributed by atoms with E-state index < -0.39 is 11.9 Å². The lowest BCUT2D eigenvalue weighted by atomic mass is 10.0. The Kier molecular flexibility index (Phi) is 5.03. The summed E-state index contributed by atoms with van der Waals surface area (Å²) in [6.07, 6.45) is 2.11. The lowest BCUT2D eigenvalue weighted by Crippen LogP contribution is -2.42. The van der Waals surface area contributed by atoms with Crippen LogP contribution in [0.5, 0.6) is 11.5 Å². The van der Waals surface area contributed by atoms with Gasteiger partial charge in [0.25, 0.3) is 5.91 Å². The van der Waals surface area contributed by atoms with E-state index in [0.717, 1.165) is 6.42 Å². The fourth-order valence-electron chi connectivity index (χ4n) is 2.56. The number of ether oxygens (including phenoxy) is 2. The summed E-state index contributed by atoms with van der Waals surface area (Å²) in [5.41, 5.74) is 0. The van der Waals surface area contributed by atoms with Gasteiger partial charge in [-0.3, -0.25) is 9.59 Å². The fraction of sp³-hybridized carbons (Fsp3) is 0.467. The molecular weight excluding hydrogens is 274 g/mol. The van der Waals surface area contributed by atoms with Crippen LogP contribution in [0, 0.1) is 5.92 Å². The zero-order valence-corrected chi connectivity index (χ0v) is 11.9. The first-order valence-electron chi connectivity index (χ1n) is 6.90. The molecule has 1 aromatic carbocycles. The van der Waals surface area contributed by atoms with Crippen molar-refractivity contribution < 1.29 is 24.2 Å². The zero-order chi connectivity index (χ0) is 15.2. The van der Waals surface area contributed by atoms with Gasteiger partial charge in [-0.25, -0.2) is 0 Å². The Morgan fingerprint density at radius 1 is 1.29 bits per heavy atom. The third-order valence-electron chi connectivity index (χ3n) is 3.61. The van der Waals surface area contributed by atoms with Gasteiger partial charge in [-0.15, -0.1) is 0 Å². The first-order chi connectivity index (χ1) is 10.1. The number of rotatable bonds is 6. The summed E-state index contributed by atoms with van der Waals surface area (Å²) in [5.74, 6) is -0.645. The van der Waals surface area contributed by atoms with Crippen LogP contribution in [0.3, 0.4) is 0 Å². The van der Waals surface area contributed by atoms with Crippen molar-refractivity contribution in [3.63, 3.8) is 0 Å². The van der Waals surface area contributed by atoms with E-state index in [9.17, 15) is 9.59 Å². The molecule has 2 rings (SSSR count). The predicted molar refractivity (Wildman–Crippen MR) is 75.4 cm³/mol. The number of nitrogens with one attached hydrogen (secondary N) is 1. The number of carbonyl (C=O) groups is 2.